The van der Waals surface area contributed by atoms with Crippen molar-refractivity contribution in [1.29, 1.82) is 0 Å². The molecule has 126 valence electrons. The van der Waals surface area contributed by atoms with Gasteiger partial charge in [0.05, 0.1) is 17.1 Å². The minimum Gasteiger partial charge on any atom is -0.355 e. The van der Waals surface area contributed by atoms with E-state index in [-0.39, 0.29) is 13.0 Å². The van der Waals surface area contributed by atoms with Crippen LogP contribution in [0.5, 0.6) is 0 Å². The van der Waals surface area contributed by atoms with Crippen LogP contribution >= 0.6 is 0 Å². The maximum Gasteiger partial charge on any atom is 0.393 e. The van der Waals surface area contributed by atoms with Crippen LogP contribution in [0.25, 0.3) is 16.6 Å². The van der Waals surface area contributed by atoms with Crippen LogP contribution in [0.15, 0.2) is 30.3 Å². The van der Waals surface area contributed by atoms with Gasteiger partial charge in [0.15, 0.2) is 5.65 Å². The lowest BCUT2D eigenvalue weighted by atomic mass is 9.97. The standard InChI is InChI=1S/C17H17F3N4/c1-11-9-15-21-16(13-6-2-3-7-14(13)24(15)22-11)23-8-4-5-12(10-23)17(18,19)20/h2-3,6-7,9,12H,4-5,8,10H2,1H3. The Morgan fingerprint density at radius 3 is 2.79 bits per heavy atom. The number of anilines is 1. The number of aromatic nitrogens is 3. The molecule has 7 heteroatoms. The minimum absolute atomic E-state index is 0.0379. The van der Waals surface area contributed by atoms with Gasteiger partial charge in [-0.1, -0.05) is 12.1 Å². The lowest BCUT2D eigenvalue weighted by Gasteiger charge is -2.35. The van der Waals surface area contributed by atoms with E-state index in [0.717, 1.165) is 16.6 Å². The second kappa shape index (κ2) is 5.36. The number of aryl methyl sites for hydroxylation is 1. The molecule has 1 aromatic carbocycles. The SMILES string of the molecule is Cc1cc2nc(N3CCCC(C(F)(F)F)C3)c3ccccc3n2n1. The fourth-order valence-electron chi connectivity index (χ4n) is 3.44. The third kappa shape index (κ3) is 2.48. The molecule has 1 aliphatic heterocycles. The Labute approximate surface area is 136 Å². The molecular formula is C17H17F3N4. The van der Waals surface area contributed by atoms with Gasteiger partial charge in [0, 0.05) is 24.5 Å². The zero-order chi connectivity index (χ0) is 16.9. The highest BCUT2D eigenvalue weighted by molar-refractivity contribution is 5.91. The van der Waals surface area contributed by atoms with Crippen LogP contribution in [0.2, 0.25) is 0 Å². The number of hydrogen-bond donors (Lipinski definition) is 0. The maximum atomic E-state index is 13.1. The van der Waals surface area contributed by atoms with Gasteiger partial charge < -0.3 is 4.90 Å². The molecule has 0 spiro atoms. The summed E-state index contributed by atoms with van der Waals surface area (Å²) in [7, 11) is 0. The number of rotatable bonds is 1. The van der Waals surface area contributed by atoms with Gasteiger partial charge in [0.25, 0.3) is 0 Å². The fraction of sp³-hybridized carbons (Fsp3) is 0.412. The molecule has 3 aromatic rings. The van der Waals surface area contributed by atoms with Crippen molar-refractivity contribution in [2.24, 2.45) is 5.92 Å². The molecule has 2 aromatic heterocycles. The number of alkyl halides is 3. The summed E-state index contributed by atoms with van der Waals surface area (Å²) >= 11 is 0. The molecule has 0 saturated carbocycles. The Bertz CT molecular complexity index is 900. The summed E-state index contributed by atoms with van der Waals surface area (Å²) in [4.78, 5) is 6.39. The van der Waals surface area contributed by atoms with Crippen molar-refractivity contribution in [3.05, 3.63) is 36.0 Å². The average molecular weight is 334 g/mol. The molecule has 0 aliphatic carbocycles. The molecule has 1 fully saturated rings. The number of hydrogen-bond acceptors (Lipinski definition) is 3. The minimum atomic E-state index is -4.16. The van der Waals surface area contributed by atoms with Crippen molar-refractivity contribution >= 4 is 22.4 Å². The Kier molecular flexibility index (Phi) is 3.40. The van der Waals surface area contributed by atoms with Gasteiger partial charge in [0.2, 0.25) is 0 Å². The van der Waals surface area contributed by atoms with E-state index in [1.54, 1.807) is 9.42 Å². The van der Waals surface area contributed by atoms with E-state index in [1.165, 1.54) is 0 Å². The van der Waals surface area contributed by atoms with Crippen LogP contribution in [0.4, 0.5) is 19.0 Å². The van der Waals surface area contributed by atoms with Gasteiger partial charge in [0.1, 0.15) is 5.82 Å². The second-order valence-corrected chi connectivity index (χ2v) is 6.34. The molecule has 0 radical (unpaired) electrons. The Morgan fingerprint density at radius 1 is 1.21 bits per heavy atom. The van der Waals surface area contributed by atoms with Gasteiger partial charge in [-0.2, -0.15) is 18.3 Å². The Morgan fingerprint density at radius 2 is 2.00 bits per heavy atom. The molecule has 24 heavy (non-hydrogen) atoms. The topological polar surface area (TPSA) is 33.4 Å². The van der Waals surface area contributed by atoms with Crippen LogP contribution in [0.1, 0.15) is 18.5 Å². The third-order valence-corrected chi connectivity index (χ3v) is 4.59. The van der Waals surface area contributed by atoms with Gasteiger partial charge in [-0.05, 0) is 31.9 Å². The van der Waals surface area contributed by atoms with Gasteiger partial charge >= 0.3 is 6.18 Å². The summed E-state index contributed by atoms with van der Waals surface area (Å²) in [6.07, 6.45) is -3.46. The van der Waals surface area contributed by atoms with Crippen LogP contribution < -0.4 is 4.90 Å². The van der Waals surface area contributed by atoms with Gasteiger partial charge in [-0.15, -0.1) is 0 Å². The number of fused-ring (bicyclic) bond motifs is 3. The zero-order valence-electron chi connectivity index (χ0n) is 13.2. The number of benzene rings is 1. The summed E-state index contributed by atoms with van der Waals surface area (Å²) in [5, 5.41) is 5.27. The lowest BCUT2D eigenvalue weighted by molar-refractivity contribution is -0.176. The van der Waals surface area contributed by atoms with Crippen molar-refractivity contribution in [1.82, 2.24) is 14.6 Å². The van der Waals surface area contributed by atoms with Crippen molar-refractivity contribution in [3.63, 3.8) is 0 Å². The summed E-state index contributed by atoms with van der Waals surface area (Å²) in [6, 6.07) is 9.44. The molecular weight excluding hydrogens is 317 g/mol. The monoisotopic (exact) mass is 334 g/mol. The summed E-state index contributed by atoms with van der Waals surface area (Å²) < 4.78 is 41.2. The van der Waals surface area contributed by atoms with E-state index in [0.29, 0.717) is 24.4 Å². The molecule has 4 nitrogen and oxygen atoms in total. The second-order valence-electron chi connectivity index (χ2n) is 6.34. The largest absolute Gasteiger partial charge is 0.393 e. The Balaban J connectivity index is 1.85. The van der Waals surface area contributed by atoms with Crippen LogP contribution in [0.3, 0.4) is 0 Å². The number of halogens is 3. The molecule has 1 saturated heterocycles. The van der Waals surface area contributed by atoms with Crippen molar-refractivity contribution in [3.8, 4) is 0 Å². The quantitative estimate of drug-likeness (QED) is 0.675. The number of para-hydroxylation sites is 1. The first-order chi connectivity index (χ1) is 11.4. The van der Waals surface area contributed by atoms with Gasteiger partial charge in [-0.3, -0.25) is 0 Å². The molecule has 1 unspecified atom stereocenters. The molecule has 1 aliphatic rings. The first-order valence-corrected chi connectivity index (χ1v) is 8.00. The third-order valence-electron chi connectivity index (χ3n) is 4.59. The van der Waals surface area contributed by atoms with E-state index in [1.807, 2.05) is 37.3 Å². The number of piperidine rings is 1. The van der Waals surface area contributed by atoms with Crippen molar-refractivity contribution in [2.45, 2.75) is 25.9 Å². The van der Waals surface area contributed by atoms with E-state index in [9.17, 15) is 13.2 Å². The fourth-order valence-corrected chi connectivity index (χ4v) is 3.44. The van der Waals surface area contributed by atoms with E-state index in [4.69, 9.17) is 0 Å². The van der Waals surface area contributed by atoms with Crippen LogP contribution in [0, 0.1) is 12.8 Å². The first-order valence-electron chi connectivity index (χ1n) is 8.00. The molecule has 0 N–H and O–H groups in total. The summed E-state index contributed by atoms with van der Waals surface area (Å²) in [5.74, 6) is -0.679. The Hall–Kier alpha value is -2.31. The molecule has 3 heterocycles. The highest BCUT2D eigenvalue weighted by Gasteiger charge is 2.42. The normalized spacial score (nSPS) is 19.3. The average Bonchev–Trinajstić information content (AvgIpc) is 2.94. The predicted molar refractivity (Wildman–Crippen MR) is 86.2 cm³/mol. The summed E-state index contributed by atoms with van der Waals surface area (Å²) in [5.41, 5.74) is 2.35. The molecule has 0 amide bonds. The predicted octanol–water partition coefficient (Wildman–Crippen LogP) is 3.97. The van der Waals surface area contributed by atoms with Crippen LogP contribution in [-0.4, -0.2) is 33.9 Å². The smallest absolute Gasteiger partial charge is 0.355 e. The maximum absolute atomic E-state index is 13.1. The highest BCUT2D eigenvalue weighted by atomic mass is 19.4. The highest BCUT2D eigenvalue weighted by Crippen LogP contribution is 2.36. The van der Waals surface area contributed by atoms with Crippen molar-refractivity contribution in [2.75, 3.05) is 18.0 Å². The van der Waals surface area contributed by atoms with Crippen molar-refractivity contribution < 1.29 is 13.2 Å². The molecule has 4 rings (SSSR count). The number of nitrogens with zero attached hydrogens (tertiary/aromatic N) is 4. The lowest BCUT2D eigenvalue weighted by Crippen LogP contribution is -2.42. The van der Waals surface area contributed by atoms with E-state index in [2.05, 4.69) is 10.1 Å². The van der Waals surface area contributed by atoms with E-state index < -0.39 is 12.1 Å². The van der Waals surface area contributed by atoms with Crippen LogP contribution in [-0.2, 0) is 0 Å². The molecule has 0 bridgehead atoms. The van der Waals surface area contributed by atoms with Gasteiger partial charge in [-0.25, -0.2) is 9.50 Å². The first kappa shape index (κ1) is 15.2. The molecule has 1 atom stereocenters. The summed E-state index contributed by atoms with van der Waals surface area (Å²) in [6.45, 7) is 2.43. The zero-order valence-corrected chi connectivity index (χ0v) is 13.2. The van der Waals surface area contributed by atoms with E-state index >= 15 is 0 Å².